The average Bonchev–Trinajstić information content (AvgIpc) is 2.90. The summed E-state index contributed by atoms with van der Waals surface area (Å²) < 4.78 is 1.74. The molecule has 0 aliphatic carbocycles. The molecule has 0 amide bonds. The van der Waals surface area contributed by atoms with Gasteiger partial charge in [-0.25, -0.2) is 0 Å². The summed E-state index contributed by atoms with van der Waals surface area (Å²) in [7, 11) is 0. The number of aromatic nitrogens is 2. The van der Waals surface area contributed by atoms with Crippen molar-refractivity contribution < 1.29 is 4.79 Å². The molecule has 104 valence electrons. The Labute approximate surface area is 127 Å². The number of hydrogen-bond donors (Lipinski definition) is 0. The van der Waals surface area contributed by atoms with E-state index in [2.05, 4.69) is 5.10 Å². The van der Waals surface area contributed by atoms with E-state index in [0.717, 1.165) is 0 Å². The topological polar surface area (TPSA) is 34.9 Å². The van der Waals surface area contributed by atoms with Crippen molar-refractivity contribution in [3.05, 3.63) is 57.8 Å². The van der Waals surface area contributed by atoms with Gasteiger partial charge in [0.1, 0.15) is 0 Å². The van der Waals surface area contributed by atoms with Crippen LogP contribution in [0, 0.1) is 0 Å². The lowest BCUT2D eigenvalue weighted by Crippen LogP contribution is -2.00. The number of allylic oxidation sites excluding steroid dienone is 1. The SMILES string of the molecule is CC(C)n1cc(C(=O)C=Cc2cccc(Cl)c2Cl)cn1. The number of carbonyl (C=O) groups is 1. The Morgan fingerprint density at radius 1 is 1.35 bits per heavy atom. The second kappa shape index (κ2) is 6.25. The standard InChI is InChI=1S/C15H14Cl2N2O/c1-10(2)19-9-12(8-18-19)14(20)7-6-11-4-3-5-13(16)15(11)17/h3-10H,1-2H3. The zero-order valence-corrected chi connectivity index (χ0v) is 12.7. The van der Waals surface area contributed by atoms with Crippen LogP contribution in [0.5, 0.6) is 0 Å². The minimum absolute atomic E-state index is 0.118. The summed E-state index contributed by atoms with van der Waals surface area (Å²) in [6.07, 6.45) is 6.42. The van der Waals surface area contributed by atoms with Gasteiger partial charge in [-0.1, -0.05) is 35.3 Å². The van der Waals surface area contributed by atoms with Crippen molar-refractivity contribution in [3.8, 4) is 0 Å². The lowest BCUT2D eigenvalue weighted by molar-refractivity contribution is 0.104. The van der Waals surface area contributed by atoms with E-state index >= 15 is 0 Å². The number of ketones is 1. The molecule has 2 rings (SSSR count). The lowest BCUT2D eigenvalue weighted by atomic mass is 10.1. The molecule has 2 aromatic rings. The highest BCUT2D eigenvalue weighted by molar-refractivity contribution is 6.42. The number of carbonyl (C=O) groups excluding carboxylic acids is 1. The van der Waals surface area contributed by atoms with Gasteiger partial charge in [0.05, 0.1) is 21.8 Å². The highest BCUT2D eigenvalue weighted by Gasteiger charge is 2.08. The highest BCUT2D eigenvalue weighted by Crippen LogP contribution is 2.26. The summed E-state index contributed by atoms with van der Waals surface area (Å²) in [5, 5.41) is 5.05. The first-order valence-corrected chi connectivity index (χ1v) is 6.95. The fourth-order valence-electron chi connectivity index (χ4n) is 1.66. The monoisotopic (exact) mass is 308 g/mol. The molecule has 0 bridgehead atoms. The van der Waals surface area contributed by atoms with Crippen molar-refractivity contribution in [2.24, 2.45) is 0 Å². The molecule has 5 heteroatoms. The summed E-state index contributed by atoms with van der Waals surface area (Å²) in [6.45, 7) is 4.01. The molecule has 0 atom stereocenters. The van der Waals surface area contributed by atoms with Gasteiger partial charge in [0.15, 0.2) is 5.78 Å². The number of halogens is 2. The van der Waals surface area contributed by atoms with E-state index in [-0.39, 0.29) is 11.8 Å². The third kappa shape index (κ3) is 3.30. The average molecular weight is 309 g/mol. The quantitative estimate of drug-likeness (QED) is 0.608. The molecule has 1 heterocycles. The Bertz CT molecular complexity index is 660. The zero-order valence-electron chi connectivity index (χ0n) is 11.2. The van der Waals surface area contributed by atoms with Crippen LogP contribution in [0.1, 0.15) is 35.8 Å². The maximum absolute atomic E-state index is 12.0. The summed E-state index contributed by atoms with van der Waals surface area (Å²) in [5.74, 6) is -0.118. The first-order valence-electron chi connectivity index (χ1n) is 6.19. The van der Waals surface area contributed by atoms with Crippen molar-refractivity contribution in [2.45, 2.75) is 19.9 Å². The van der Waals surface area contributed by atoms with Gasteiger partial charge in [-0.2, -0.15) is 5.10 Å². The van der Waals surface area contributed by atoms with Crippen LogP contribution in [-0.2, 0) is 0 Å². The second-order valence-corrected chi connectivity index (χ2v) is 5.43. The molecule has 20 heavy (non-hydrogen) atoms. The van der Waals surface area contributed by atoms with Crippen LogP contribution >= 0.6 is 23.2 Å². The number of nitrogens with zero attached hydrogens (tertiary/aromatic N) is 2. The number of benzene rings is 1. The molecule has 0 spiro atoms. The van der Waals surface area contributed by atoms with Crippen LogP contribution in [0.15, 0.2) is 36.7 Å². The fraction of sp³-hybridized carbons (Fsp3) is 0.200. The van der Waals surface area contributed by atoms with Crippen molar-refractivity contribution in [1.82, 2.24) is 9.78 Å². The molecule has 3 nitrogen and oxygen atoms in total. The minimum atomic E-state index is -0.118. The molecule has 0 saturated heterocycles. The van der Waals surface area contributed by atoms with E-state index in [1.807, 2.05) is 13.8 Å². The summed E-state index contributed by atoms with van der Waals surface area (Å²) in [5.41, 5.74) is 1.26. The van der Waals surface area contributed by atoms with E-state index in [0.29, 0.717) is 21.2 Å². The molecule has 0 aliphatic heterocycles. The van der Waals surface area contributed by atoms with Crippen LogP contribution in [0.4, 0.5) is 0 Å². The van der Waals surface area contributed by atoms with Gasteiger partial charge in [0.2, 0.25) is 0 Å². The third-order valence-corrected chi connectivity index (χ3v) is 3.64. The van der Waals surface area contributed by atoms with Gasteiger partial charge in [-0.3, -0.25) is 9.48 Å². The van der Waals surface area contributed by atoms with Crippen molar-refractivity contribution in [2.75, 3.05) is 0 Å². The zero-order chi connectivity index (χ0) is 14.7. The largest absolute Gasteiger partial charge is 0.289 e. The highest BCUT2D eigenvalue weighted by atomic mass is 35.5. The number of rotatable bonds is 4. The van der Waals surface area contributed by atoms with Crippen LogP contribution < -0.4 is 0 Å². The summed E-state index contributed by atoms with van der Waals surface area (Å²) in [6, 6.07) is 5.52. The number of hydrogen-bond acceptors (Lipinski definition) is 2. The third-order valence-electron chi connectivity index (χ3n) is 2.81. The minimum Gasteiger partial charge on any atom is -0.289 e. The van der Waals surface area contributed by atoms with Crippen LogP contribution in [0.25, 0.3) is 6.08 Å². The second-order valence-electron chi connectivity index (χ2n) is 4.64. The maximum Gasteiger partial charge on any atom is 0.189 e. The molecule has 0 unspecified atom stereocenters. The predicted molar refractivity (Wildman–Crippen MR) is 82.4 cm³/mol. The Hall–Kier alpha value is -1.58. The van der Waals surface area contributed by atoms with Crippen molar-refractivity contribution >= 4 is 35.1 Å². The maximum atomic E-state index is 12.0. The van der Waals surface area contributed by atoms with E-state index in [1.165, 1.54) is 6.08 Å². The van der Waals surface area contributed by atoms with E-state index in [1.54, 1.807) is 41.4 Å². The van der Waals surface area contributed by atoms with E-state index in [4.69, 9.17) is 23.2 Å². The molecular weight excluding hydrogens is 295 g/mol. The van der Waals surface area contributed by atoms with Gasteiger partial charge in [-0.15, -0.1) is 0 Å². The van der Waals surface area contributed by atoms with Crippen molar-refractivity contribution in [3.63, 3.8) is 0 Å². The van der Waals surface area contributed by atoms with E-state index < -0.39 is 0 Å². The summed E-state index contributed by atoms with van der Waals surface area (Å²) in [4.78, 5) is 12.0. The fourth-order valence-corrected chi connectivity index (χ4v) is 2.03. The van der Waals surface area contributed by atoms with Crippen molar-refractivity contribution in [1.29, 1.82) is 0 Å². The molecule has 1 aromatic heterocycles. The van der Waals surface area contributed by atoms with Crippen LogP contribution in [-0.4, -0.2) is 15.6 Å². The Balaban J connectivity index is 2.18. The molecular formula is C15H14Cl2N2O. The predicted octanol–water partition coefficient (Wildman–Crippen LogP) is 4.67. The van der Waals surface area contributed by atoms with Gasteiger partial charge in [0, 0.05) is 12.2 Å². The Kier molecular flexibility index (Phi) is 4.63. The molecule has 0 radical (unpaired) electrons. The molecule has 0 saturated carbocycles. The normalized spacial score (nSPS) is 11.4. The first kappa shape index (κ1) is 14.8. The van der Waals surface area contributed by atoms with Crippen LogP contribution in [0.3, 0.4) is 0 Å². The van der Waals surface area contributed by atoms with Crippen LogP contribution in [0.2, 0.25) is 10.0 Å². The smallest absolute Gasteiger partial charge is 0.189 e. The first-order chi connectivity index (χ1) is 9.49. The van der Waals surface area contributed by atoms with Gasteiger partial charge >= 0.3 is 0 Å². The molecule has 0 fully saturated rings. The van der Waals surface area contributed by atoms with E-state index in [9.17, 15) is 4.79 Å². The Morgan fingerprint density at radius 2 is 2.10 bits per heavy atom. The lowest BCUT2D eigenvalue weighted by Gasteiger charge is -2.02. The van der Waals surface area contributed by atoms with Gasteiger partial charge < -0.3 is 0 Å². The van der Waals surface area contributed by atoms with Gasteiger partial charge in [0.25, 0.3) is 0 Å². The molecule has 0 N–H and O–H groups in total. The van der Waals surface area contributed by atoms with Gasteiger partial charge in [-0.05, 0) is 37.6 Å². The molecule has 1 aromatic carbocycles. The Morgan fingerprint density at radius 3 is 2.75 bits per heavy atom. The summed E-state index contributed by atoms with van der Waals surface area (Å²) >= 11 is 12.0. The molecule has 0 aliphatic rings.